The summed E-state index contributed by atoms with van der Waals surface area (Å²) in [5.74, 6) is 1.92. The fourth-order valence-electron chi connectivity index (χ4n) is 2.68. The number of alkyl halides is 1. The van der Waals surface area contributed by atoms with E-state index in [0.29, 0.717) is 0 Å². The van der Waals surface area contributed by atoms with Gasteiger partial charge < -0.3 is 9.47 Å². The summed E-state index contributed by atoms with van der Waals surface area (Å²) in [6.45, 7) is 7.02. The van der Waals surface area contributed by atoms with Crippen molar-refractivity contribution in [3.05, 3.63) is 35.9 Å². The molecular formula is C20H27BrO2. The molecule has 0 amide bonds. The van der Waals surface area contributed by atoms with Crippen LogP contribution in [0.3, 0.4) is 0 Å². The number of fused-ring (bicyclic) bond motifs is 1. The molecule has 0 heterocycles. The molecular weight excluding hydrogens is 352 g/mol. The molecule has 0 aliphatic heterocycles. The van der Waals surface area contributed by atoms with Crippen molar-refractivity contribution < 1.29 is 9.47 Å². The van der Waals surface area contributed by atoms with Crippen LogP contribution < -0.4 is 9.47 Å². The van der Waals surface area contributed by atoms with Gasteiger partial charge in [-0.05, 0) is 68.1 Å². The molecule has 0 saturated heterocycles. The molecule has 0 fully saturated rings. The molecule has 0 bridgehead atoms. The fourth-order valence-corrected chi connectivity index (χ4v) is 3.07. The average molecular weight is 379 g/mol. The van der Waals surface area contributed by atoms with Crippen molar-refractivity contribution in [1.29, 1.82) is 0 Å². The molecule has 0 saturated carbocycles. The van der Waals surface area contributed by atoms with E-state index in [9.17, 15) is 0 Å². The van der Waals surface area contributed by atoms with Crippen LogP contribution in [-0.2, 0) is 0 Å². The molecule has 23 heavy (non-hydrogen) atoms. The third kappa shape index (κ3) is 5.42. The molecule has 2 aromatic rings. The Morgan fingerprint density at radius 1 is 1.00 bits per heavy atom. The second-order valence-corrected chi connectivity index (χ2v) is 6.98. The summed E-state index contributed by atoms with van der Waals surface area (Å²) in [5.41, 5.74) is 1.21. The van der Waals surface area contributed by atoms with Gasteiger partial charge in [-0.3, -0.25) is 0 Å². The minimum absolute atomic E-state index is 0.195. The van der Waals surface area contributed by atoms with E-state index in [0.717, 1.165) is 29.9 Å². The van der Waals surface area contributed by atoms with E-state index in [1.54, 1.807) is 0 Å². The molecule has 0 aromatic heterocycles. The van der Waals surface area contributed by atoms with Crippen LogP contribution in [0.25, 0.3) is 10.8 Å². The highest BCUT2D eigenvalue weighted by Crippen LogP contribution is 2.30. The van der Waals surface area contributed by atoms with E-state index in [1.807, 2.05) is 19.9 Å². The zero-order valence-electron chi connectivity index (χ0n) is 14.4. The molecule has 0 spiro atoms. The van der Waals surface area contributed by atoms with Gasteiger partial charge >= 0.3 is 0 Å². The molecule has 0 radical (unpaired) electrons. The van der Waals surface area contributed by atoms with Gasteiger partial charge in [0.1, 0.15) is 11.5 Å². The van der Waals surface area contributed by atoms with Gasteiger partial charge in [-0.2, -0.15) is 0 Å². The zero-order valence-corrected chi connectivity index (χ0v) is 16.0. The van der Waals surface area contributed by atoms with Crippen molar-refractivity contribution >= 4 is 26.7 Å². The minimum atomic E-state index is 0.195. The van der Waals surface area contributed by atoms with Crippen LogP contribution in [0.4, 0.5) is 0 Å². The Kier molecular flexibility index (Phi) is 7.22. The topological polar surface area (TPSA) is 18.5 Å². The molecule has 3 heteroatoms. The van der Waals surface area contributed by atoms with Gasteiger partial charge in [0.2, 0.25) is 0 Å². The van der Waals surface area contributed by atoms with E-state index < -0.39 is 0 Å². The molecule has 0 unspecified atom stereocenters. The van der Waals surface area contributed by atoms with Gasteiger partial charge in [-0.15, -0.1) is 0 Å². The second-order valence-electron chi connectivity index (χ2n) is 6.19. The van der Waals surface area contributed by atoms with Crippen LogP contribution in [0.1, 0.15) is 45.1 Å². The lowest BCUT2D eigenvalue weighted by Gasteiger charge is -2.14. The van der Waals surface area contributed by atoms with Crippen LogP contribution >= 0.6 is 15.9 Å². The Hall–Kier alpha value is -1.22. The quantitative estimate of drug-likeness (QED) is 0.378. The van der Waals surface area contributed by atoms with Crippen LogP contribution in [0.15, 0.2) is 30.3 Å². The molecule has 0 aliphatic carbocycles. The third-order valence-electron chi connectivity index (χ3n) is 3.87. The van der Waals surface area contributed by atoms with Crippen molar-refractivity contribution in [3.63, 3.8) is 0 Å². The fraction of sp³-hybridized carbons (Fsp3) is 0.500. The maximum atomic E-state index is 5.98. The summed E-state index contributed by atoms with van der Waals surface area (Å²) >= 11 is 3.47. The van der Waals surface area contributed by atoms with Gasteiger partial charge in [-0.1, -0.05) is 40.9 Å². The highest BCUT2D eigenvalue weighted by molar-refractivity contribution is 9.09. The molecule has 2 nitrogen and oxygen atoms in total. The largest absolute Gasteiger partial charge is 0.493 e. The first-order valence-corrected chi connectivity index (χ1v) is 9.62. The Morgan fingerprint density at radius 3 is 2.52 bits per heavy atom. The normalized spacial score (nSPS) is 11.2. The Labute approximate surface area is 148 Å². The molecule has 0 atom stereocenters. The molecule has 2 aromatic carbocycles. The van der Waals surface area contributed by atoms with Gasteiger partial charge in [0.15, 0.2) is 0 Å². The predicted octanol–water partition coefficient (Wildman–Crippen LogP) is 6.27. The number of rotatable bonds is 9. The van der Waals surface area contributed by atoms with Crippen LogP contribution in [0, 0.1) is 6.92 Å². The molecule has 2 rings (SSSR count). The lowest BCUT2D eigenvalue weighted by atomic mass is 10.0. The van der Waals surface area contributed by atoms with Gasteiger partial charge in [-0.25, -0.2) is 0 Å². The molecule has 0 aliphatic rings. The van der Waals surface area contributed by atoms with Gasteiger partial charge in [0.25, 0.3) is 0 Å². The Bertz CT molecular complexity index is 622. The smallest absolute Gasteiger partial charge is 0.122 e. The molecule has 0 N–H and O–H groups in total. The predicted molar refractivity (Wildman–Crippen MR) is 102 cm³/mol. The monoisotopic (exact) mass is 378 g/mol. The van der Waals surface area contributed by atoms with Crippen molar-refractivity contribution in [3.8, 4) is 11.5 Å². The van der Waals surface area contributed by atoms with Crippen LogP contribution in [0.2, 0.25) is 0 Å². The van der Waals surface area contributed by atoms with Crippen LogP contribution in [0.5, 0.6) is 11.5 Å². The summed E-state index contributed by atoms with van der Waals surface area (Å²) in [6, 6.07) is 10.5. The van der Waals surface area contributed by atoms with Crippen molar-refractivity contribution in [2.75, 3.05) is 11.9 Å². The summed E-state index contributed by atoms with van der Waals surface area (Å²) in [4.78, 5) is 0. The van der Waals surface area contributed by atoms with E-state index in [2.05, 4.69) is 47.1 Å². The number of halogens is 1. The standard InChI is InChI=1S/C20H27BrO2/c1-15(2)23-18-9-10-19-16(3)20(11-8-17(19)14-18)22-13-7-5-4-6-12-21/h8-11,14-15H,4-7,12-13H2,1-3H3. The SMILES string of the molecule is Cc1c(OCCCCCCBr)ccc2cc(OC(C)C)ccc12. The highest BCUT2D eigenvalue weighted by atomic mass is 79.9. The van der Waals surface area contributed by atoms with Gasteiger partial charge in [0, 0.05) is 5.33 Å². The first-order valence-electron chi connectivity index (χ1n) is 8.50. The average Bonchev–Trinajstić information content (AvgIpc) is 2.52. The number of ether oxygens (including phenoxy) is 2. The van der Waals surface area contributed by atoms with Crippen molar-refractivity contribution in [1.82, 2.24) is 0 Å². The summed E-state index contributed by atoms with van der Waals surface area (Å²) in [5, 5.41) is 3.53. The number of benzene rings is 2. The Balaban J connectivity index is 2.01. The van der Waals surface area contributed by atoms with Gasteiger partial charge in [0.05, 0.1) is 12.7 Å². The number of hydrogen-bond acceptors (Lipinski definition) is 2. The maximum absolute atomic E-state index is 5.98. The maximum Gasteiger partial charge on any atom is 0.122 e. The summed E-state index contributed by atoms with van der Waals surface area (Å²) in [6.07, 6.45) is 5.06. The summed E-state index contributed by atoms with van der Waals surface area (Å²) < 4.78 is 11.7. The van der Waals surface area contributed by atoms with E-state index in [4.69, 9.17) is 9.47 Å². The van der Waals surface area contributed by atoms with Crippen molar-refractivity contribution in [2.45, 2.75) is 52.6 Å². The zero-order chi connectivity index (χ0) is 16.7. The van der Waals surface area contributed by atoms with E-state index >= 15 is 0 Å². The summed E-state index contributed by atoms with van der Waals surface area (Å²) in [7, 11) is 0. The number of unbranched alkanes of at least 4 members (excludes halogenated alkanes) is 3. The van der Waals surface area contributed by atoms with E-state index in [-0.39, 0.29) is 6.10 Å². The Morgan fingerprint density at radius 2 is 1.78 bits per heavy atom. The minimum Gasteiger partial charge on any atom is -0.493 e. The van der Waals surface area contributed by atoms with Crippen molar-refractivity contribution in [2.24, 2.45) is 0 Å². The van der Waals surface area contributed by atoms with E-state index in [1.165, 1.54) is 35.6 Å². The first kappa shape index (κ1) is 18.1. The highest BCUT2D eigenvalue weighted by Gasteiger charge is 2.07. The van der Waals surface area contributed by atoms with Crippen LogP contribution in [-0.4, -0.2) is 18.0 Å². The third-order valence-corrected chi connectivity index (χ3v) is 4.43. The first-order chi connectivity index (χ1) is 11.1. The second kappa shape index (κ2) is 9.17. The lowest BCUT2D eigenvalue weighted by molar-refractivity contribution is 0.243. The number of hydrogen-bond donors (Lipinski definition) is 0. The number of aryl methyl sites for hydroxylation is 1. The molecule has 126 valence electrons. The lowest BCUT2D eigenvalue weighted by Crippen LogP contribution is -2.05.